The number of amides is 2. The Balaban J connectivity index is 2.44. The topological polar surface area (TPSA) is 43.8 Å². The Bertz CT molecular complexity index is 241. The smallest absolute Gasteiger partial charge is 0.319 e. The molecule has 0 aliphatic carbocycles. The predicted octanol–water partition coefficient (Wildman–Crippen LogP) is 1.54. The minimum Gasteiger partial charge on any atom is -0.390 e. The van der Waals surface area contributed by atoms with Crippen molar-refractivity contribution in [3.05, 3.63) is 0 Å². The second-order valence-corrected chi connectivity index (χ2v) is 5.54. The Morgan fingerprint density at radius 1 is 1.44 bits per heavy atom. The number of hydrogen-bond acceptors (Lipinski definition) is 2. The van der Waals surface area contributed by atoms with E-state index in [2.05, 4.69) is 13.8 Å². The molecule has 16 heavy (non-hydrogen) atoms. The molecule has 1 aliphatic rings. The second kappa shape index (κ2) is 5.04. The van der Waals surface area contributed by atoms with Crippen LogP contribution in [0.5, 0.6) is 0 Å². The molecule has 1 heterocycles. The predicted molar refractivity (Wildman–Crippen MR) is 64.3 cm³/mol. The van der Waals surface area contributed by atoms with Gasteiger partial charge in [0.05, 0.1) is 5.60 Å². The highest BCUT2D eigenvalue weighted by Gasteiger charge is 2.30. The van der Waals surface area contributed by atoms with Crippen molar-refractivity contribution >= 4 is 6.03 Å². The molecule has 0 bridgehead atoms. The van der Waals surface area contributed by atoms with Gasteiger partial charge in [0.2, 0.25) is 0 Å². The average Bonchev–Trinajstić information content (AvgIpc) is 2.15. The standard InChI is InChI=1S/C12H24N2O2/c1-10(2)9-13(4)11(15)14-7-5-12(3,16)6-8-14/h10,16H,5-9H2,1-4H3. The fourth-order valence-electron chi connectivity index (χ4n) is 2.05. The van der Waals surface area contributed by atoms with E-state index in [0.717, 1.165) is 6.54 Å². The Hall–Kier alpha value is -0.770. The zero-order chi connectivity index (χ0) is 12.3. The van der Waals surface area contributed by atoms with Crippen LogP contribution in [-0.4, -0.2) is 53.2 Å². The first kappa shape index (κ1) is 13.3. The van der Waals surface area contributed by atoms with Crippen LogP contribution in [0.2, 0.25) is 0 Å². The maximum atomic E-state index is 12.0. The first-order chi connectivity index (χ1) is 7.32. The third-order valence-corrected chi connectivity index (χ3v) is 3.08. The number of carbonyl (C=O) groups is 1. The number of piperidine rings is 1. The van der Waals surface area contributed by atoms with Gasteiger partial charge >= 0.3 is 6.03 Å². The highest BCUT2D eigenvalue weighted by molar-refractivity contribution is 5.74. The Morgan fingerprint density at radius 2 is 1.94 bits per heavy atom. The van der Waals surface area contributed by atoms with Crippen LogP contribution in [0.3, 0.4) is 0 Å². The fourth-order valence-corrected chi connectivity index (χ4v) is 2.05. The van der Waals surface area contributed by atoms with Crippen LogP contribution in [0.15, 0.2) is 0 Å². The number of hydrogen-bond donors (Lipinski definition) is 1. The van der Waals surface area contributed by atoms with Gasteiger partial charge in [-0.15, -0.1) is 0 Å². The number of rotatable bonds is 2. The molecule has 0 atom stereocenters. The van der Waals surface area contributed by atoms with Crippen LogP contribution < -0.4 is 0 Å². The first-order valence-corrected chi connectivity index (χ1v) is 6.04. The van der Waals surface area contributed by atoms with Crippen LogP contribution in [0.1, 0.15) is 33.6 Å². The molecule has 0 aromatic carbocycles. The van der Waals surface area contributed by atoms with Crippen molar-refractivity contribution < 1.29 is 9.90 Å². The summed E-state index contributed by atoms with van der Waals surface area (Å²) in [5.41, 5.74) is -0.590. The minimum absolute atomic E-state index is 0.0872. The minimum atomic E-state index is -0.590. The van der Waals surface area contributed by atoms with E-state index in [4.69, 9.17) is 0 Å². The van der Waals surface area contributed by atoms with Gasteiger partial charge < -0.3 is 14.9 Å². The molecule has 0 aromatic heterocycles. The molecule has 2 amide bonds. The van der Waals surface area contributed by atoms with E-state index in [1.54, 1.807) is 4.90 Å². The van der Waals surface area contributed by atoms with Gasteiger partial charge in [0, 0.05) is 26.7 Å². The summed E-state index contributed by atoms with van der Waals surface area (Å²) >= 11 is 0. The molecular weight excluding hydrogens is 204 g/mol. The molecule has 4 heteroatoms. The van der Waals surface area contributed by atoms with E-state index in [9.17, 15) is 9.90 Å². The molecule has 1 N–H and O–H groups in total. The quantitative estimate of drug-likeness (QED) is 0.779. The van der Waals surface area contributed by atoms with Crippen molar-refractivity contribution in [1.29, 1.82) is 0 Å². The molecule has 0 aromatic rings. The zero-order valence-electron chi connectivity index (χ0n) is 10.9. The fraction of sp³-hybridized carbons (Fsp3) is 0.917. The van der Waals surface area contributed by atoms with E-state index >= 15 is 0 Å². The molecule has 94 valence electrons. The molecule has 0 saturated carbocycles. The molecule has 0 radical (unpaired) electrons. The first-order valence-electron chi connectivity index (χ1n) is 6.04. The van der Waals surface area contributed by atoms with Crippen molar-refractivity contribution in [3.63, 3.8) is 0 Å². The van der Waals surface area contributed by atoms with Crippen molar-refractivity contribution in [2.45, 2.75) is 39.2 Å². The van der Waals surface area contributed by atoms with Crippen LogP contribution in [0, 0.1) is 5.92 Å². The summed E-state index contributed by atoms with van der Waals surface area (Å²) in [5, 5.41) is 9.81. The van der Waals surface area contributed by atoms with Crippen LogP contribution in [-0.2, 0) is 0 Å². The largest absolute Gasteiger partial charge is 0.390 e. The maximum absolute atomic E-state index is 12.0. The van der Waals surface area contributed by atoms with E-state index in [1.165, 1.54) is 0 Å². The Labute approximate surface area is 98.2 Å². The van der Waals surface area contributed by atoms with Crippen molar-refractivity contribution in [2.75, 3.05) is 26.7 Å². The second-order valence-electron chi connectivity index (χ2n) is 5.54. The molecule has 0 unspecified atom stereocenters. The van der Waals surface area contributed by atoms with Crippen LogP contribution >= 0.6 is 0 Å². The lowest BCUT2D eigenvalue weighted by molar-refractivity contribution is 0.00106. The lowest BCUT2D eigenvalue weighted by Crippen LogP contribution is -2.49. The van der Waals surface area contributed by atoms with Gasteiger partial charge in [-0.1, -0.05) is 13.8 Å². The van der Waals surface area contributed by atoms with Gasteiger partial charge in [0.25, 0.3) is 0 Å². The molecule has 4 nitrogen and oxygen atoms in total. The van der Waals surface area contributed by atoms with Gasteiger partial charge in [-0.05, 0) is 25.7 Å². The third kappa shape index (κ3) is 3.67. The molecule has 1 aliphatic heterocycles. The van der Waals surface area contributed by atoms with Crippen molar-refractivity contribution in [2.24, 2.45) is 5.92 Å². The van der Waals surface area contributed by atoms with Crippen LogP contribution in [0.25, 0.3) is 0 Å². The molecule has 0 spiro atoms. The summed E-state index contributed by atoms with van der Waals surface area (Å²) in [5.74, 6) is 0.488. The van der Waals surface area contributed by atoms with Gasteiger partial charge in [-0.3, -0.25) is 0 Å². The molecule has 1 rings (SSSR count). The summed E-state index contributed by atoms with van der Waals surface area (Å²) in [6.07, 6.45) is 1.35. The molecular formula is C12H24N2O2. The Kier molecular flexibility index (Phi) is 4.19. The maximum Gasteiger partial charge on any atom is 0.319 e. The highest BCUT2D eigenvalue weighted by atomic mass is 16.3. The monoisotopic (exact) mass is 228 g/mol. The molecule has 1 saturated heterocycles. The number of nitrogens with zero attached hydrogens (tertiary/aromatic N) is 2. The third-order valence-electron chi connectivity index (χ3n) is 3.08. The summed E-state index contributed by atoms with van der Waals surface area (Å²) in [6.45, 7) is 8.15. The normalized spacial score (nSPS) is 20.0. The van der Waals surface area contributed by atoms with Crippen molar-refractivity contribution in [1.82, 2.24) is 9.80 Å². The van der Waals surface area contributed by atoms with E-state index < -0.39 is 5.60 Å². The van der Waals surface area contributed by atoms with E-state index in [-0.39, 0.29) is 6.03 Å². The van der Waals surface area contributed by atoms with E-state index in [0.29, 0.717) is 31.8 Å². The lowest BCUT2D eigenvalue weighted by Gasteiger charge is -2.37. The number of aliphatic hydroxyl groups is 1. The average molecular weight is 228 g/mol. The Morgan fingerprint density at radius 3 is 2.38 bits per heavy atom. The number of likely N-dealkylation sites (tertiary alicyclic amines) is 1. The lowest BCUT2D eigenvalue weighted by atomic mass is 9.94. The van der Waals surface area contributed by atoms with Crippen LogP contribution in [0.4, 0.5) is 4.79 Å². The number of carbonyl (C=O) groups excluding carboxylic acids is 1. The number of urea groups is 1. The molecule has 1 fully saturated rings. The summed E-state index contributed by atoms with van der Waals surface area (Å²) in [4.78, 5) is 15.6. The van der Waals surface area contributed by atoms with E-state index in [1.807, 2.05) is 18.9 Å². The van der Waals surface area contributed by atoms with Gasteiger partial charge in [-0.2, -0.15) is 0 Å². The van der Waals surface area contributed by atoms with Gasteiger partial charge in [0.1, 0.15) is 0 Å². The van der Waals surface area contributed by atoms with Crippen molar-refractivity contribution in [3.8, 4) is 0 Å². The summed E-state index contributed by atoms with van der Waals surface area (Å²) in [6, 6.07) is 0.0872. The zero-order valence-corrected chi connectivity index (χ0v) is 10.9. The summed E-state index contributed by atoms with van der Waals surface area (Å²) < 4.78 is 0. The highest BCUT2D eigenvalue weighted by Crippen LogP contribution is 2.21. The SMILES string of the molecule is CC(C)CN(C)C(=O)N1CCC(C)(O)CC1. The van der Waals surface area contributed by atoms with Gasteiger partial charge in [0.15, 0.2) is 0 Å². The summed E-state index contributed by atoms with van der Waals surface area (Å²) in [7, 11) is 1.84. The van der Waals surface area contributed by atoms with Gasteiger partial charge in [-0.25, -0.2) is 4.79 Å².